The molecular weight excluding hydrogens is 664 g/mol. The van der Waals surface area contributed by atoms with Crippen molar-refractivity contribution in [1.82, 2.24) is 0 Å². The van der Waals surface area contributed by atoms with Crippen LogP contribution in [0.15, 0.2) is 30.3 Å². The van der Waals surface area contributed by atoms with Gasteiger partial charge in [0.05, 0.1) is 6.61 Å². The van der Waals surface area contributed by atoms with Crippen molar-refractivity contribution in [2.75, 3.05) is 13.2 Å². The molecule has 1 unspecified atom stereocenters. The molecule has 2 aliphatic heterocycles. The number of hydrogen-bond acceptors (Lipinski definition) is 16. The van der Waals surface area contributed by atoms with Gasteiger partial charge in [-0.1, -0.05) is 41.9 Å². The molecule has 0 bridgehead atoms. The zero-order chi connectivity index (χ0) is 35.5. The Labute approximate surface area is 281 Å². The van der Waals surface area contributed by atoms with E-state index in [0.29, 0.717) is 5.56 Å². The van der Waals surface area contributed by atoms with E-state index in [1.54, 1.807) is 30.3 Å². The van der Waals surface area contributed by atoms with Crippen LogP contribution in [-0.4, -0.2) is 110 Å². The van der Waals surface area contributed by atoms with E-state index in [2.05, 4.69) is 0 Å². The second-order valence-corrected chi connectivity index (χ2v) is 11.3. The summed E-state index contributed by atoms with van der Waals surface area (Å²) >= 11 is 6.63. The second-order valence-electron chi connectivity index (χ2n) is 10.8. The van der Waals surface area contributed by atoms with Crippen LogP contribution >= 0.6 is 11.6 Å². The first-order valence-corrected chi connectivity index (χ1v) is 15.3. The molecule has 0 amide bonds. The lowest BCUT2D eigenvalue weighted by atomic mass is 9.96. The van der Waals surface area contributed by atoms with Gasteiger partial charge in [-0.2, -0.15) is 0 Å². The standard InChI is InChI=1S/C31H39ClO16/c1-15(33)39-13-22-24(42-17(3)35)26(44-19(5)37)28(30(32)46-22)48-31-29(41-12-21-10-8-7-9-11-21)27(45-20(6)38)25(43-18(4)36)23(47-31)14-40-16(2)34/h7-11,22-31H,12-14H2,1-6H3/t22-,23-,24-,25-,26+,27+,28-,29-,30?,31-/m1/s1. The number of halogens is 1. The Hall–Kier alpha value is -3.83. The summed E-state index contributed by atoms with van der Waals surface area (Å²) in [5.74, 6) is -4.52. The molecular formula is C31H39ClO16. The largest absolute Gasteiger partial charge is 0.463 e. The lowest BCUT2D eigenvalue weighted by Gasteiger charge is -2.48. The van der Waals surface area contributed by atoms with Gasteiger partial charge < -0.3 is 47.4 Å². The quantitative estimate of drug-likeness (QED) is 0.163. The van der Waals surface area contributed by atoms with Crippen molar-refractivity contribution < 1.29 is 76.1 Å². The molecule has 17 heteroatoms. The normalized spacial score (nSPS) is 29.9. The van der Waals surface area contributed by atoms with Crippen molar-refractivity contribution >= 4 is 47.4 Å². The second kappa shape index (κ2) is 18.1. The first-order valence-electron chi connectivity index (χ1n) is 14.9. The Morgan fingerprint density at radius 2 is 1.02 bits per heavy atom. The Morgan fingerprint density at radius 3 is 1.48 bits per heavy atom. The van der Waals surface area contributed by atoms with Gasteiger partial charge in [-0.25, -0.2) is 0 Å². The monoisotopic (exact) mass is 702 g/mol. The van der Waals surface area contributed by atoms with Gasteiger partial charge in [0.15, 0.2) is 36.3 Å². The number of carbonyl (C=O) groups excluding carboxylic acids is 6. The van der Waals surface area contributed by atoms with E-state index in [9.17, 15) is 28.8 Å². The molecule has 2 aliphatic rings. The topological polar surface area (TPSA) is 195 Å². The lowest BCUT2D eigenvalue weighted by Crippen LogP contribution is -2.66. The summed E-state index contributed by atoms with van der Waals surface area (Å²) in [6.07, 6.45) is -12.5. The molecule has 1 aromatic rings. The fourth-order valence-electron chi connectivity index (χ4n) is 5.08. The van der Waals surface area contributed by atoms with Gasteiger partial charge in [0.1, 0.15) is 37.6 Å². The van der Waals surface area contributed by atoms with Gasteiger partial charge in [0.25, 0.3) is 0 Å². The molecule has 1 aromatic carbocycles. The molecule has 2 fully saturated rings. The Kier molecular flexibility index (Phi) is 14.5. The minimum absolute atomic E-state index is 0.0761. The lowest BCUT2D eigenvalue weighted by molar-refractivity contribution is -0.344. The molecule has 16 nitrogen and oxygen atoms in total. The number of hydrogen-bond donors (Lipinski definition) is 0. The highest BCUT2D eigenvalue weighted by molar-refractivity contribution is 6.20. The Bertz CT molecular complexity index is 1290. The molecule has 0 N–H and O–H groups in total. The van der Waals surface area contributed by atoms with E-state index in [-0.39, 0.29) is 6.61 Å². The van der Waals surface area contributed by atoms with Gasteiger partial charge in [-0.05, 0) is 5.56 Å². The predicted octanol–water partition coefficient (Wildman–Crippen LogP) is 1.50. The zero-order valence-electron chi connectivity index (χ0n) is 27.2. The van der Waals surface area contributed by atoms with Crippen LogP contribution in [0.4, 0.5) is 0 Å². The van der Waals surface area contributed by atoms with Crippen molar-refractivity contribution in [1.29, 1.82) is 0 Å². The summed E-state index contributed by atoms with van der Waals surface area (Å²) in [5.41, 5.74) is -0.758. The van der Waals surface area contributed by atoms with Crippen molar-refractivity contribution in [2.45, 2.75) is 109 Å². The SMILES string of the molecule is CC(=O)OC[C@H]1O[C@H](O[C@H]2C(Cl)O[C@H](COC(C)=O)[C@@H](OC(C)=O)[C@@H]2OC(C)=O)[C@H](OCc2ccccc2)[C@@H](OC(C)=O)[C@@H]1OC(C)=O. The van der Waals surface area contributed by atoms with E-state index in [1.807, 2.05) is 0 Å². The van der Waals surface area contributed by atoms with Gasteiger partial charge in [-0.15, -0.1) is 0 Å². The number of ether oxygens (including phenoxy) is 10. The third-order valence-electron chi connectivity index (χ3n) is 6.85. The summed E-state index contributed by atoms with van der Waals surface area (Å²) in [5, 5.41) is 0. The fraction of sp³-hybridized carbons (Fsp3) is 0.613. The maximum atomic E-state index is 12.4. The van der Waals surface area contributed by atoms with E-state index >= 15 is 0 Å². The minimum atomic E-state index is -1.57. The van der Waals surface area contributed by atoms with Gasteiger partial charge in [0, 0.05) is 41.5 Å². The average molecular weight is 703 g/mol. The Balaban J connectivity index is 2.08. The molecule has 2 saturated heterocycles. The number of carbonyl (C=O) groups is 6. The van der Waals surface area contributed by atoms with Crippen LogP contribution in [0.2, 0.25) is 0 Å². The van der Waals surface area contributed by atoms with Crippen molar-refractivity contribution in [3.63, 3.8) is 0 Å². The third-order valence-corrected chi connectivity index (χ3v) is 7.21. The number of esters is 6. The highest BCUT2D eigenvalue weighted by Gasteiger charge is 2.56. The molecule has 0 radical (unpaired) electrons. The van der Waals surface area contributed by atoms with E-state index in [4.69, 9.17) is 59.0 Å². The summed E-state index contributed by atoms with van der Waals surface area (Å²) in [4.78, 5) is 72.3. The van der Waals surface area contributed by atoms with Crippen LogP contribution in [0.3, 0.4) is 0 Å². The first-order chi connectivity index (χ1) is 22.7. The van der Waals surface area contributed by atoms with Gasteiger partial charge in [0.2, 0.25) is 0 Å². The molecule has 0 spiro atoms. The van der Waals surface area contributed by atoms with Crippen molar-refractivity contribution in [3.8, 4) is 0 Å². The van der Waals surface area contributed by atoms with Crippen LogP contribution in [0.25, 0.3) is 0 Å². The van der Waals surface area contributed by atoms with Crippen LogP contribution < -0.4 is 0 Å². The summed E-state index contributed by atoms with van der Waals surface area (Å²) in [7, 11) is 0. The molecule has 0 saturated carbocycles. The van der Waals surface area contributed by atoms with E-state index < -0.39 is 110 Å². The number of benzene rings is 1. The molecule has 2 heterocycles. The maximum Gasteiger partial charge on any atom is 0.303 e. The smallest absolute Gasteiger partial charge is 0.303 e. The molecule has 0 aliphatic carbocycles. The summed E-state index contributed by atoms with van der Waals surface area (Å²) in [6.45, 7) is 5.78. The van der Waals surface area contributed by atoms with Crippen LogP contribution in [-0.2, 0) is 82.7 Å². The molecule has 0 aromatic heterocycles. The maximum absolute atomic E-state index is 12.4. The van der Waals surface area contributed by atoms with Gasteiger partial charge >= 0.3 is 35.8 Å². The van der Waals surface area contributed by atoms with Crippen LogP contribution in [0.1, 0.15) is 47.1 Å². The molecule has 48 heavy (non-hydrogen) atoms. The van der Waals surface area contributed by atoms with Crippen molar-refractivity contribution in [2.24, 2.45) is 0 Å². The zero-order valence-corrected chi connectivity index (χ0v) is 27.9. The highest BCUT2D eigenvalue weighted by atomic mass is 35.5. The highest BCUT2D eigenvalue weighted by Crippen LogP contribution is 2.36. The van der Waals surface area contributed by atoms with Gasteiger partial charge in [-0.3, -0.25) is 28.8 Å². The predicted molar refractivity (Wildman–Crippen MR) is 159 cm³/mol. The number of rotatable bonds is 13. The summed E-state index contributed by atoms with van der Waals surface area (Å²) < 4.78 is 56.8. The average Bonchev–Trinajstić information content (AvgIpc) is 2.98. The van der Waals surface area contributed by atoms with Crippen LogP contribution in [0, 0.1) is 0 Å². The van der Waals surface area contributed by atoms with E-state index in [1.165, 1.54) is 0 Å². The third kappa shape index (κ3) is 11.4. The van der Waals surface area contributed by atoms with E-state index in [0.717, 1.165) is 41.5 Å². The summed E-state index contributed by atoms with van der Waals surface area (Å²) in [6, 6.07) is 8.87. The minimum Gasteiger partial charge on any atom is -0.463 e. The fourth-order valence-corrected chi connectivity index (χ4v) is 5.42. The first kappa shape index (κ1) is 38.6. The molecule has 266 valence electrons. The number of alkyl halides is 1. The Morgan fingerprint density at radius 1 is 0.583 bits per heavy atom. The molecule has 3 rings (SSSR count). The van der Waals surface area contributed by atoms with Crippen LogP contribution in [0.5, 0.6) is 0 Å². The van der Waals surface area contributed by atoms with Crippen molar-refractivity contribution in [3.05, 3.63) is 35.9 Å². The molecule has 10 atom stereocenters.